The summed E-state index contributed by atoms with van der Waals surface area (Å²) in [6.45, 7) is 9.64. The van der Waals surface area contributed by atoms with E-state index in [0.29, 0.717) is 19.0 Å². The molecular formula is C25H32N2O2S. The van der Waals surface area contributed by atoms with Crippen molar-refractivity contribution in [2.45, 2.75) is 51.9 Å². The Balaban J connectivity index is 1.60. The Labute approximate surface area is 180 Å². The number of H-pyrrole nitrogens is 1. The Hall–Kier alpha value is -2.11. The van der Waals surface area contributed by atoms with Crippen molar-refractivity contribution >= 4 is 20.9 Å². The molecule has 0 radical (unpaired) electrons. The van der Waals surface area contributed by atoms with E-state index < -0.39 is 10.0 Å². The number of nitrogens with zero attached hydrogens (tertiary/aromatic N) is 1. The van der Waals surface area contributed by atoms with E-state index in [9.17, 15) is 8.42 Å². The quantitative estimate of drug-likeness (QED) is 0.587. The van der Waals surface area contributed by atoms with Crippen molar-refractivity contribution in [3.63, 3.8) is 0 Å². The van der Waals surface area contributed by atoms with Crippen molar-refractivity contribution in [1.82, 2.24) is 9.29 Å². The lowest BCUT2D eigenvalue weighted by Gasteiger charge is -2.30. The van der Waals surface area contributed by atoms with Crippen LogP contribution in [0.4, 0.5) is 0 Å². The summed E-state index contributed by atoms with van der Waals surface area (Å²) < 4.78 is 26.0. The molecule has 4 nitrogen and oxygen atoms in total. The van der Waals surface area contributed by atoms with Crippen LogP contribution in [-0.4, -0.2) is 36.5 Å². The van der Waals surface area contributed by atoms with Gasteiger partial charge in [0.25, 0.3) is 0 Å². The molecule has 0 amide bonds. The van der Waals surface area contributed by atoms with Crippen LogP contribution in [0.25, 0.3) is 22.0 Å². The van der Waals surface area contributed by atoms with Gasteiger partial charge in [0.2, 0.25) is 10.0 Å². The molecule has 0 aliphatic carbocycles. The number of fused-ring (bicyclic) bond motifs is 1. The third-order valence-corrected chi connectivity index (χ3v) is 8.33. The van der Waals surface area contributed by atoms with Crippen molar-refractivity contribution in [3.05, 3.63) is 59.8 Å². The lowest BCUT2D eigenvalue weighted by Crippen LogP contribution is -2.38. The lowest BCUT2D eigenvalue weighted by atomic mass is 9.86. The minimum atomic E-state index is -3.09. The molecule has 2 heterocycles. The van der Waals surface area contributed by atoms with Gasteiger partial charge in [-0.25, -0.2) is 12.7 Å². The van der Waals surface area contributed by atoms with Gasteiger partial charge in [0, 0.05) is 30.2 Å². The summed E-state index contributed by atoms with van der Waals surface area (Å²) in [5.74, 6) is 0.572. The summed E-state index contributed by atoms with van der Waals surface area (Å²) in [5.41, 5.74) is 6.38. The fourth-order valence-corrected chi connectivity index (χ4v) is 5.58. The maximum atomic E-state index is 12.2. The van der Waals surface area contributed by atoms with Crippen LogP contribution in [0, 0.1) is 0 Å². The van der Waals surface area contributed by atoms with Gasteiger partial charge in [-0.15, -0.1) is 0 Å². The van der Waals surface area contributed by atoms with E-state index in [1.807, 2.05) is 0 Å². The van der Waals surface area contributed by atoms with E-state index in [0.717, 1.165) is 18.4 Å². The van der Waals surface area contributed by atoms with E-state index in [4.69, 9.17) is 0 Å². The van der Waals surface area contributed by atoms with Crippen LogP contribution in [0.2, 0.25) is 0 Å². The van der Waals surface area contributed by atoms with E-state index in [1.165, 1.54) is 27.6 Å². The molecule has 0 atom stereocenters. The molecule has 0 spiro atoms. The number of hydrogen-bond donors (Lipinski definition) is 1. The van der Waals surface area contributed by atoms with Gasteiger partial charge in [0.15, 0.2) is 0 Å². The summed E-state index contributed by atoms with van der Waals surface area (Å²) >= 11 is 0. The first-order valence-corrected chi connectivity index (χ1v) is 12.5. The highest BCUT2D eigenvalue weighted by Gasteiger charge is 2.28. The van der Waals surface area contributed by atoms with Crippen molar-refractivity contribution in [2.24, 2.45) is 0 Å². The van der Waals surface area contributed by atoms with Crippen molar-refractivity contribution in [3.8, 4) is 11.1 Å². The zero-order valence-electron chi connectivity index (χ0n) is 18.4. The van der Waals surface area contributed by atoms with Gasteiger partial charge in [-0.2, -0.15) is 0 Å². The van der Waals surface area contributed by atoms with Gasteiger partial charge in [0.1, 0.15) is 0 Å². The zero-order chi connectivity index (χ0) is 21.5. The average Bonchev–Trinajstić information content (AvgIpc) is 3.16. The molecule has 1 saturated heterocycles. The van der Waals surface area contributed by atoms with E-state index in [1.54, 1.807) is 11.2 Å². The molecule has 0 unspecified atom stereocenters. The largest absolute Gasteiger partial charge is 0.361 e. The number of sulfonamides is 1. The summed E-state index contributed by atoms with van der Waals surface area (Å²) in [7, 11) is -3.09. The van der Waals surface area contributed by atoms with Crippen LogP contribution >= 0.6 is 0 Å². The highest BCUT2D eigenvalue weighted by Crippen LogP contribution is 2.36. The van der Waals surface area contributed by atoms with Crippen LogP contribution in [0.15, 0.2) is 48.7 Å². The zero-order valence-corrected chi connectivity index (χ0v) is 19.2. The number of rotatable bonds is 4. The number of piperidine rings is 1. The number of aromatic nitrogens is 1. The molecule has 30 heavy (non-hydrogen) atoms. The van der Waals surface area contributed by atoms with Crippen LogP contribution in [-0.2, 0) is 15.4 Å². The first kappa shape index (κ1) is 21.1. The molecule has 5 heteroatoms. The molecule has 1 aliphatic heterocycles. The fraction of sp³-hybridized carbons (Fsp3) is 0.440. The molecule has 1 aliphatic rings. The number of nitrogens with one attached hydrogen (secondary N) is 1. The summed E-state index contributed by atoms with van der Waals surface area (Å²) in [4.78, 5) is 3.41. The molecule has 3 aromatic rings. The smallest absolute Gasteiger partial charge is 0.213 e. The van der Waals surface area contributed by atoms with Crippen molar-refractivity contribution < 1.29 is 8.42 Å². The molecule has 0 bridgehead atoms. The predicted molar refractivity (Wildman–Crippen MR) is 125 cm³/mol. The van der Waals surface area contributed by atoms with Crippen LogP contribution < -0.4 is 0 Å². The first-order chi connectivity index (χ1) is 14.2. The summed E-state index contributed by atoms with van der Waals surface area (Å²) in [5, 5.41) is 1.25. The van der Waals surface area contributed by atoms with Gasteiger partial charge < -0.3 is 4.98 Å². The molecule has 160 valence electrons. The number of aromatic amines is 1. The third-order valence-electron chi connectivity index (χ3n) is 6.45. The Bertz CT molecular complexity index is 1130. The SMILES string of the molecule is CCS(=O)(=O)N1CCC(c2c[nH]c3ccc(-c4ccc(C(C)(C)C)cc4)cc23)CC1. The van der Waals surface area contributed by atoms with Gasteiger partial charge in [0.05, 0.1) is 5.75 Å². The standard InChI is InChI=1S/C25H32N2O2S/c1-5-30(28,29)27-14-12-19(13-15-27)23-17-26-24-11-8-20(16-22(23)24)18-6-9-21(10-7-18)25(2,3)4/h6-11,16-17,19,26H,5,12-15H2,1-4H3. The van der Waals surface area contributed by atoms with E-state index in [2.05, 4.69) is 74.4 Å². The van der Waals surface area contributed by atoms with Crippen LogP contribution in [0.5, 0.6) is 0 Å². The first-order valence-electron chi connectivity index (χ1n) is 10.9. The lowest BCUT2D eigenvalue weighted by molar-refractivity contribution is 0.321. The molecule has 0 saturated carbocycles. The highest BCUT2D eigenvalue weighted by atomic mass is 32.2. The monoisotopic (exact) mass is 424 g/mol. The maximum absolute atomic E-state index is 12.2. The number of benzene rings is 2. The molecule has 1 N–H and O–H groups in total. The Morgan fingerprint density at radius 3 is 2.23 bits per heavy atom. The van der Waals surface area contributed by atoms with Gasteiger partial charge in [-0.1, -0.05) is 51.1 Å². The minimum absolute atomic E-state index is 0.149. The summed E-state index contributed by atoms with van der Waals surface area (Å²) in [6.07, 6.45) is 3.86. The van der Waals surface area contributed by atoms with Gasteiger partial charge in [-0.3, -0.25) is 0 Å². The van der Waals surface area contributed by atoms with Gasteiger partial charge in [-0.05, 0) is 65.5 Å². The van der Waals surface area contributed by atoms with Crippen molar-refractivity contribution in [1.29, 1.82) is 0 Å². The minimum Gasteiger partial charge on any atom is -0.361 e. The van der Waals surface area contributed by atoms with Gasteiger partial charge >= 0.3 is 0 Å². The maximum Gasteiger partial charge on any atom is 0.213 e. The van der Waals surface area contributed by atoms with E-state index in [-0.39, 0.29) is 11.2 Å². The van der Waals surface area contributed by atoms with Crippen LogP contribution in [0.3, 0.4) is 0 Å². The number of hydrogen-bond acceptors (Lipinski definition) is 2. The second-order valence-electron chi connectivity index (χ2n) is 9.41. The fourth-order valence-electron chi connectivity index (χ4n) is 4.45. The molecule has 2 aromatic carbocycles. The Kier molecular flexibility index (Phi) is 5.54. The Morgan fingerprint density at radius 2 is 1.63 bits per heavy atom. The van der Waals surface area contributed by atoms with Crippen LogP contribution in [0.1, 0.15) is 57.6 Å². The topological polar surface area (TPSA) is 53.2 Å². The van der Waals surface area contributed by atoms with Crippen molar-refractivity contribution in [2.75, 3.05) is 18.8 Å². The predicted octanol–water partition coefficient (Wildman–Crippen LogP) is 5.66. The van der Waals surface area contributed by atoms with E-state index >= 15 is 0 Å². The third kappa shape index (κ3) is 4.06. The molecule has 1 aromatic heterocycles. The highest BCUT2D eigenvalue weighted by molar-refractivity contribution is 7.89. The second-order valence-corrected chi connectivity index (χ2v) is 11.7. The molecular weight excluding hydrogens is 392 g/mol. The summed E-state index contributed by atoms with van der Waals surface area (Å²) in [6, 6.07) is 15.5. The average molecular weight is 425 g/mol. The molecule has 4 rings (SSSR count). The molecule has 1 fully saturated rings. The Morgan fingerprint density at radius 1 is 1.00 bits per heavy atom. The second kappa shape index (κ2) is 7.86. The normalized spacial score (nSPS) is 16.9.